The number of ether oxygens (including phenoxy) is 1. The molecule has 0 fully saturated rings. The van der Waals surface area contributed by atoms with Crippen molar-refractivity contribution in [2.75, 3.05) is 13.1 Å². The van der Waals surface area contributed by atoms with Crippen molar-refractivity contribution in [1.82, 2.24) is 10.6 Å². The van der Waals surface area contributed by atoms with E-state index in [2.05, 4.69) is 10.6 Å². The Balaban J connectivity index is 1.95. The summed E-state index contributed by atoms with van der Waals surface area (Å²) in [5.74, 6) is -0.493. The Morgan fingerprint density at radius 2 is 1.31 bits per heavy atom. The van der Waals surface area contributed by atoms with E-state index in [0.29, 0.717) is 13.1 Å². The third-order valence-electron chi connectivity index (χ3n) is 3.62. The summed E-state index contributed by atoms with van der Waals surface area (Å²) in [6.45, 7) is 6.04. The van der Waals surface area contributed by atoms with E-state index in [1.165, 1.54) is 0 Å². The topological polar surface area (TPSA) is 67.4 Å². The summed E-state index contributed by atoms with van der Waals surface area (Å²) >= 11 is 0. The minimum Gasteiger partial charge on any atom is -0.444 e. The molecule has 0 saturated carbocycles. The van der Waals surface area contributed by atoms with E-state index in [0.717, 1.165) is 11.1 Å². The van der Waals surface area contributed by atoms with Gasteiger partial charge in [0.05, 0.1) is 5.92 Å². The molecule has 2 N–H and O–H groups in total. The quantitative estimate of drug-likeness (QED) is 0.781. The average molecular weight is 354 g/mol. The van der Waals surface area contributed by atoms with E-state index in [-0.39, 0.29) is 11.8 Å². The fourth-order valence-corrected chi connectivity index (χ4v) is 2.55. The zero-order valence-electron chi connectivity index (χ0n) is 15.5. The first-order chi connectivity index (χ1) is 12.4. The fourth-order valence-electron chi connectivity index (χ4n) is 2.55. The van der Waals surface area contributed by atoms with Gasteiger partial charge in [-0.1, -0.05) is 60.7 Å². The Bertz CT molecular complexity index is 670. The molecule has 2 aromatic carbocycles. The van der Waals surface area contributed by atoms with Crippen molar-refractivity contribution in [3.8, 4) is 0 Å². The first kappa shape index (κ1) is 19.5. The summed E-state index contributed by atoms with van der Waals surface area (Å²) in [6.07, 6.45) is -0.491. The van der Waals surface area contributed by atoms with Crippen LogP contribution in [0.4, 0.5) is 4.79 Å². The van der Waals surface area contributed by atoms with Gasteiger partial charge in [-0.15, -0.1) is 0 Å². The van der Waals surface area contributed by atoms with Crippen LogP contribution in [-0.4, -0.2) is 30.7 Å². The summed E-state index contributed by atoms with van der Waals surface area (Å²) in [4.78, 5) is 24.4. The van der Waals surface area contributed by atoms with Crippen LogP contribution >= 0.6 is 0 Å². The monoisotopic (exact) mass is 354 g/mol. The molecule has 0 radical (unpaired) electrons. The Morgan fingerprint density at radius 1 is 0.846 bits per heavy atom. The summed E-state index contributed by atoms with van der Waals surface area (Å²) in [6, 6.07) is 19.3. The number of carbonyl (C=O) groups excluding carboxylic acids is 2. The average Bonchev–Trinajstić information content (AvgIpc) is 2.59. The number of benzene rings is 2. The molecule has 0 spiro atoms. The molecule has 2 amide bonds. The number of rotatable bonds is 6. The van der Waals surface area contributed by atoms with E-state index in [1.807, 2.05) is 60.7 Å². The molecule has 0 unspecified atom stereocenters. The highest BCUT2D eigenvalue weighted by Gasteiger charge is 2.22. The SMILES string of the molecule is CC(C)(C)OC(=O)NCCNC(=O)C(c1ccccc1)c1ccccc1. The lowest BCUT2D eigenvalue weighted by Crippen LogP contribution is -2.39. The van der Waals surface area contributed by atoms with E-state index in [9.17, 15) is 9.59 Å². The summed E-state index contributed by atoms with van der Waals surface area (Å²) < 4.78 is 5.17. The molecule has 0 aliphatic carbocycles. The predicted octanol–water partition coefficient (Wildman–Crippen LogP) is 3.46. The smallest absolute Gasteiger partial charge is 0.407 e. The van der Waals surface area contributed by atoms with Crippen molar-refractivity contribution >= 4 is 12.0 Å². The minimum absolute atomic E-state index is 0.103. The molecule has 0 bridgehead atoms. The van der Waals surface area contributed by atoms with Crippen LogP contribution in [-0.2, 0) is 9.53 Å². The summed E-state index contributed by atoms with van der Waals surface area (Å²) in [5.41, 5.74) is 1.31. The molecule has 2 aromatic rings. The fraction of sp³-hybridized carbons (Fsp3) is 0.333. The van der Waals surface area contributed by atoms with Gasteiger partial charge in [0, 0.05) is 13.1 Å². The third-order valence-corrected chi connectivity index (χ3v) is 3.62. The van der Waals surface area contributed by atoms with E-state index in [1.54, 1.807) is 20.8 Å². The van der Waals surface area contributed by atoms with Crippen molar-refractivity contribution in [2.24, 2.45) is 0 Å². The van der Waals surface area contributed by atoms with Gasteiger partial charge in [-0.2, -0.15) is 0 Å². The van der Waals surface area contributed by atoms with Crippen LogP contribution in [0.2, 0.25) is 0 Å². The van der Waals surface area contributed by atoms with Crippen molar-refractivity contribution < 1.29 is 14.3 Å². The summed E-state index contributed by atoms with van der Waals surface area (Å²) in [5, 5.41) is 5.53. The van der Waals surface area contributed by atoms with Gasteiger partial charge in [0.15, 0.2) is 0 Å². The maximum Gasteiger partial charge on any atom is 0.407 e. The van der Waals surface area contributed by atoms with Crippen LogP contribution in [0.1, 0.15) is 37.8 Å². The van der Waals surface area contributed by atoms with E-state index >= 15 is 0 Å². The third kappa shape index (κ3) is 6.24. The molecular weight excluding hydrogens is 328 g/mol. The van der Waals surface area contributed by atoms with Crippen LogP contribution < -0.4 is 10.6 Å². The van der Waals surface area contributed by atoms with Crippen LogP contribution in [0.5, 0.6) is 0 Å². The van der Waals surface area contributed by atoms with Gasteiger partial charge in [0.1, 0.15) is 5.60 Å². The number of alkyl carbamates (subject to hydrolysis) is 1. The normalized spacial score (nSPS) is 11.1. The Hall–Kier alpha value is -2.82. The molecule has 2 rings (SSSR count). The van der Waals surface area contributed by atoms with Crippen molar-refractivity contribution in [3.63, 3.8) is 0 Å². The van der Waals surface area contributed by atoms with Gasteiger partial charge in [0.25, 0.3) is 0 Å². The van der Waals surface area contributed by atoms with Crippen molar-refractivity contribution in [2.45, 2.75) is 32.3 Å². The maximum absolute atomic E-state index is 12.8. The van der Waals surface area contributed by atoms with Gasteiger partial charge in [-0.3, -0.25) is 4.79 Å². The van der Waals surface area contributed by atoms with E-state index < -0.39 is 11.7 Å². The van der Waals surface area contributed by atoms with Gasteiger partial charge in [-0.05, 0) is 31.9 Å². The first-order valence-electron chi connectivity index (χ1n) is 8.71. The molecular formula is C21H26N2O3. The second-order valence-electron chi connectivity index (χ2n) is 6.97. The number of hydrogen-bond acceptors (Lipinski definition) is 3. The Labute approximate surface area is 154 Å². The highest BCUT2D eigenvalue weighted by atomic mass is 16.6. The first-order valence-corrected chi connectivity index (χ1v) is 8.71. The molecule has 138 valence electrons. The standard InChI is InChI=1S/C21H26N2O3/c1-21(2,3)26-20(25)23-15-14-22-19(24)18(16-10-6-4-7-11-16)17-12-8-5-9-13-17/h4-13,18H,14-15H2,1-3H3,(H,22,24)(H,23,25). The van der Waals surface area contributed by atoms with Crippen LogP contribution in [0.25, 0.3) is 0 Å². The molecule has 0 aromatic heterocycles. The van der Waals surface area contributed by atoms with Crippen LogP contribution in [0.15, 0.2) is 60.7 Å². The second kappa shape index (κ2) is 9.04. The number of carbonyl (C=O) groups is 2. The van der Waals surface area contributed by atoms with Gasteiger partial charge in [0.2, 0.25) is 5.91 Å². The molecule has 0 atom stereocenters. The van der Waals surface area contributed by atoms with Gasteiger partial charge >= 0.3 is 6.09 Å². The second-order valence-corrected chi connectivity index (χ2v) is 6.97. The Morgan fingerprint density at radius 3 is 1.77 bits per heavy atom. The summed E-state index contributed by atoms with van der Waals surface area (Å²) in [7, 11) is 0. The predicted molar refractivity (Wildman–Crippen MR) is 102 cm³/mol. The Kier molecular flexibility index (Phi) is 6.78. The van der Waals surface area contributed by atoms with Crippen LogP contribution in [0, 0.1) is 0 Å². The lowest BCUT2D eigenvalue weighted by Gasteiger charge is -2.20. The van der Waals surface area contributed by atoms with Crippen molar-refractivity contribution in [1.29, 1.82) is 0 Å². The molecule has 0 saturated heterocycles. The molecule has 26 heavy (non-hydrogen) atoms. The molecule has 0 heterocycles. The largest absolute Gasteiger partial charge is 0.444 e. The lowest BCUT2D eigenvalue weighted by molar-refractivity contribution is -0.121. The zero-order chi connectivity index (χ0) is 19.0. The molecule has 5 heteroatoms. The zero-order valence-corrected chi connectivity index (χ0v) is 15.5. The molecule has 0 aliphatic heterocycles. The highest BCUT2D eigenvalue weighted by Crippen LogP contribution is 2.24. The number of amides is 2. The number of nitrogens with one attached hydrogen (secondary N) is 2. The minimum atomic E-state index is -0.543. The molecule has 5 nitrogen and oxygen atoms in total. The van der Waals surface area contributed by atoms with Crippen LogP contribution in [0.3, 0.4) is 0 Å². The van der Waals surface area contributed by atoms with Crippen molar-refractivity contribution in [3.05, 3.63) is 71.8 Å². The molecule has 0 aliphatic rings. The van der Waals surface area contributed by atoms with Gasteiger partial charge in [-0.25, -0.2) is 4.79 Å². The number of hydrogen-bond donors (Lipinski definition) is 2. The lowest BCUT2D eigenvalue weighted by atomic mass is 9.90. The van der Waals surface area contributed by atoms with Gasteiger partial charge < -0.3 is 15.4 Å². The van der Waals surface area contributed by atoms with E-state index in [4.69, 9.17) is 4.74 Å². The maximum atomic E-state index is 12.8. The highest BCUT2D eigenvalue weighted by molar-refractivity contribution is 5.87.